The monoisotopic (exact) mass is 693 g/mol. The second-order valence-electron chi connectivity index (χ2n) is 14.6. The Balaban J connectivity index is 1.03. The first kappa shape index (κ1) is 29.5. The average Bonchev–Trinajstić information content (AvgIpc) is 3.96. The van der Waals surface area contributed by atoms with Crippen molar-refractivity contribution in [2.45, 2.75) is 25.4 Å². The van der Waals surface area contributed by atoms with Gasteiger partial charge in [0.05, 0.1) is 22.3 Å². The molecule has 3 aliphatic rings. The Morgan fingerprint density at radius 1 is 0.648 bits per heavy atom. The fourth-order valence-electron chi connectivity index (χ4n) is 9.35. The van der Waals surface area contributed by atoms with Crippen LogP contribution in [-0.4, -0.2) is 15.2 Å². The number of nitrogens with zero attached hydrogens (tertiary/aromatic N) is 3. The molecule has 0 spiro atoms. The first-order valence-corrected chi connectivity index (χ1v) is 18.6. The zero-order chi connectivity index (χ0) is 35.5. The minimum absolute atomic E-state index is 0.0137. The predicted octanol–water partition coefficient (Wildman–Crippen LogP) is 11.8. The summed E-state index contributed by atoms with van der Waals surface area (Å²) in [6.45, 7) is 0. The quantitative estimate of drug-likeness (QED) is 0.185. The number of aromatic nitrogens is 2. The number of rotatable bonds is 3. The van der Waals surface area contributed by atoms with Crippen molar-refractivity contribution in [3.63, 3.8) is 0 Å². The molecule has 254 valence electrons. The van der Waals surface area contributed by atoms with E-state index in [1.807, 2.05) is 24.3 Å². The third-order valence-corrected chi connectivity index (χ3v) is 11.7. The summed E-state index contributed by atoms with van der Waals surface area (Å²) in [6, 6.07) is 47.3. The summed E-state index contributed by atoms with van der Waals surface area (Å²) in [7, 11) is 0. The van der Waals surface area contributed by atoms with E-state index < -0.39 is 0 Å². The molecule has 0 saturated heterocycles. The number of furan rings is 1. The lowest BCUT2D eigenvalue weighted by Gasteiger charge is -2.21. The molecule has 0 unspecified atom stereocenters. The highest BCUT2D eigenvalue weighted by atomic mass is 16.5. The smallest absolute Gasteiger partial charge is 0.137 e. The number of hydrogen-bond acceptors (Lipinski definition) is 3. The molecule has 9 aromatic rings. The highest BCUT2D eigenvalue weighted by molar-refractivity contribution is 6.11. The summed E-state index contributed by atoms with van der Waals surface area (Å²) in [5.74, 6) is 0.961. The molecule has 1 aliphatic heterocycles. The normalized spacial score (nSPS) is 15.5. The van der Waals surface area contributed by atoms with Gasteiger partial charge in [0.15, 0.2) is 0 Å². The van der Waals surface area contributed by atoms with E-state index in [0.29, 0.717) is 5.56 Å². The fraction of sp³-hybridized carbons (Fsp3) is 0.0816. The van der Waals surface area contributed by atoms with Crippen molar-refractivity contribution in [1.29, 1.82) is 5.26 Å². The summed E-state index contributed by atoms with van der Waals surface area (Å²) in [6.07, 6.45) is 9.48. The van der Waals surface area contributed by atoms with Gasteiger partial charge in [-0.05, 0) is 78.6 Å². The topological polar surface area (TPSA) is 56.0 Å². The Labute approximate surface area is 310 Å². The van der Waals surface area contributed by atoms with Crippen LogP contribution in [-0.2, 0) is 12.8 Å². The molecule has 0 fully saturated rings. The molecule has 3 aromatic heterocycles. The molecule has 0 saturated carbocycles. The highest BCUT2D eigenvalue weighted by Crippen LogP contribution is 2.46. The van der Waals surface area contributed by atoms with E-state index in [1.54, 1.807) is 0 Å². The van der Waals surface area contributed by atoms with Crippen molar-refractivity contribution < 1.29 is 9.15 Å². The minimum Gasteiger partial charge on any atom is -0.485 e. The lowest BCUT2D eigenvalue weighted by Crippen LogP contribution is -2.21. The van der Waals surface area contributed by atoms with E-state index in [4.69, 9.17) is 9.15 Å². The van der Waals surface area contributed by atoms with Crippen LogP contribution in [0.1, 0.15) is 40.1 Å². The van der Waals surface area contributed by atoms with E-state index >= 15 is 0 Å². The summed E-state index contributed by atoms with van der Waals surface area (Å²) in [5, 5.41) is 15.2. The predicted molar refractivity (Wildman–Crippen MR) is 217 cm³/mol. The molecule has 54 heavy (non-hydrogen) atoms. The van der Waals surface area contributed by atoms with Gasteiger partial charge < -0.3 is 18.3 Å². The standard InChI is InChI=1S/C49H31N3O2/c50-28-31-21-20-30(23-43(31)52-42-17-6-2-13-34(42)38-25-40-36-15-4-8-19-47(36)54-49(40)27-45(38)52)29-10-9-11-32(22-29)51-41-16-5-1-12-33(41)37-24-39-35-14-3-7-18-46(35)53-48(39)26-44(37)51/h1-5,7-16,18-25,27,48H,6,17,26H2/t48-/m1/s1. The maximum atomic E-state index is 10.5. The van der Waals surface area contributed by atoms with Crippen molar-refractivity contribution in [3.05, 3.63) is 167 Å². The average molecular weight is 694 g/mol. The molecule has 2 aliphatic carbocycles. The van der Waals surface area contributed by atoms with Crippen molar-refractivity contribution in [3.8, 4) is 34.3 Å². The van der Waals surface area contributed by atoms with Crippen LogP contribution < -0.4 is 4.74 Å². The van der Waals surface area contributed by atoms with Gasteiger partial charge in [0.2, 0.25) is 0 Å². The van der Waals surface area contributed by atoms with Crippen LogP contribution in [0, 0.1) is 11.3 Å². The van der Waals surface area contributed by atoms with E-state index in [-0.39, 0.29) is 6.10 Å². The highest BCUT2D eigenvalue weighted by Gasteiger charge is 2.35. The number of nitriles is 1. The number of benzene rings is 6. The Kier molecular flexibility index (Phi) is 6.01. The SMILES string of the molecule is N#Cc1ccc(-c2cccc(-n3c4c(c5ccccc53)C=C3c5ccccc5O[C@@H]3C4)c2)cc1-n1c2c(c3cc4c(cc31)oc1ccccc14)C=CCC2. The van der Waals surface area contributed by atoms with Crippen molar-refractivity contribution in [2.75, 3.05) is 0 Å². The maximum absolute atomic E-state index is 10.5. The minimum atomic E-state index is -0.0137. The third kappa shape index (κ3) is 4.08. The van der Waals surface area contributed by atoms with Crippen LogP contribution in [0.2, 0.25) is 0 Å². The van der Waals surface area contributed by atoms with Gasteiger partial charge in [0.25, 0.3) is 0 Å². The number of hydrogen-bond donors (Lipinski definition) is 0. The van der Waals surface area contributed by atoms with Crippen LogP contribution in [0.25, 0.3) is 84.0 Å². The van der Waals surface area contributed by atoms with Gasteiger partial charge in [-0.3, -0.25) is 0 Å². The van der Waals surface area contributed by atoms with Gasteiger partial charge in [-0.1, -0.05) is 84.9 Å². The van der Waals surface area contributed by atoms with Crippen molar-refractivity contribution in [2.24, 2.45) is 0 Å². The summed E-state index contributed by atoms with van der Waals surface area (Å²) >= 11 is 0. The number of ether oxygens (including phenoxy) is 1. The fourth-order valence-corrected chi connectivity index (χ4v) is 9.35. The summed E-state index contributed by atoms with van der Waals surface area (Å²) in [4.78, 5) is 0. The van der Waals surface area contributed by atoms with Crippen molar-refractivity contribution >= 4 is 61.5 Å². The van der Waals surface area contributed by atoms with Gasteiger partial charge in [-0.25, -0.2) is 0 Å². The Hall–Kier alpha value is -7.03. The molecule has 6 aromatic carbocycles. The van der Waals surface area contributed by atoms with E-state index in [1.165, 1.54) is 49.9 Å². The first-order valence-electron chi connectivity index (χ1n) is 18.6. The van der Waals surface area contributed by atoms with Crippen LogP contribution >= 0.6 is 0 Å². The summed E-state index contributed by atoms with van der Waals surface area (Å²) in [5.41, 5.74) is 16.1. The molecule has 0 N–H and O–H groups in total. The largest absolute Gasteiger partial charge is 0.485 e. The Morgan fingerprint density at radius 2 is 1.50 bits per heavy atom. The second-order valence-corrected chi connectivity index (χ2v) is 14.6. The van der Waals surface area contributed by atoms with Gasteiger partial charge in [0, 0.05) is 73.4 Å². The molecule has 4 heterocycles. The summed E-state index contributed by atoms with van der Waals surface area (Å²) < 4.78 is 17.6. The van der Waals surface area contributed by atoms with E-state index in [2.05, 4.69) is 137 Å². The molecule has 5 heteroatoms. The number of para-hydroxylation sites is 3. The third-order valence-electron chi connectivity index (χ3n) is 11.7. The first-order chi connectivity index (χ1) is 26.7. The van der Waals surface area contributed by atoms with Gasteiger partial charge in [0.1, 0.15) is 29.1 Å². The molecule has 1 atom stereocenters. The van der Waals surface area contributed by atoms with E-state index in [0.717, 1.165) is 75.0 Å². The van der Waals surface area contributed by atoms with Gasteiger partial charge in [-0.15, -0.1) is 0 Å². The molecular formula is C49H31N3O2. The molecular weight excluding hydrogens is 663 g/mol. The molecule has 0 bridgehead atoms. The number of fused-ring (bicyclic) bond motifs is 12. The lowest BCUT2D eigenvalue weighted by atomic mass is 9.90. The maximum Gasteiger partial charge on any atom is 0.137 e. The zero-order valence-corrected chi connectivity index (χ0v) is 29.2. The van der Waals surface area contributed by atoms with Crippen LogP contribution in [0.5, 0.6) is 5.75 Å². The van der Waals surface area contributed by atoms with Crippen LogP contribution in [0.3, 0.4) is 0 Å². The van der Waals surface area contributed by atoms with Gasteiger partial charge in [-0.2, -0.15) is 5.26 Å². The van der Waals surface area contributed by atoms with Crippen LogP contribution in [0.4, 0.5) is 0 Å². The van der Waals surface area contributed by atoms with Gasteiger partial charge >= 0.3 is 0 Å². The second kappa shape index (κ2) is 11.0. The molecule has 0 amide bonds. The van der Waals surface area contributed by atoms with E-state index in [9.17, 15) is 5.26 Å². The Bertz CT molecular complexity index is 3190. The molecule has 5 nitrogen and oxygen atoms in total. The number of allylic oxidation sites excluding steroid dienone is 1. The lowest BCUT2D eigenvalue weighted by molar-refractivity contribution is 0.274. The Morgan fingerprint density at radius 3 is 2.44 bits per heavy atom. The zero-order valence-electron chi connectivity index (χ0n) is 29.2. The van der Waals surface area contributed by atoms with Crippen molar-refractivity contribution in [1.82, 2.24) is 9.13 Å². The molecule has 0 radical (unpaired) electrons. The van der Waals surface area contributed by atoms with Crippen LogP contribution in [0.15, 0.2) is 138 Å². The molecule has 12 rings (SSSR count).